The van der Waals surface area contributed by atoms with Crippen molar-refractivity contribution in [1.82, 2.24) is 14.9 Å². The van der Waals surface area contributed by atoms with Gasteiger partial charge in [-0.3, -0.25) is 15.0 Å². The number of halogens is 1. The summed E-state index contributed by atoms with van der Waals surface area (Å²) in [4.78, 5) is 20.9. The van der Waals surface area contributed by atoms with E-state index < -0.39 is 0 Å². The number of non-ortho nitro benzene ring substituents is 1. The van der Waals surface area contributed by atoms with E-state index >= 15 is 0 Å². The van der Waals surface area contributed by atoms with Crippen LogP contribution in [0.4, 0.5) is 5.69 Å². The minimum Gasteiger partial charge on any atom is -0.341 e. The Hall–Kier alpha value is -2.44. The number of imidazole rings is 1. The normalized spacial score (nSPS) is 18.0. The number of nitro benzene ring substituents is 1. The van der Waals surface area contributed by atoms with Gasteiger partial charge in [-0.1, -0.05) is 23.7 Å². The van der Waals surface area contributed by atoms with E-state index in [0.29, 0.717) is 5.02 Å². The Balaban J connectivity index is 1.55. The number of nitrogens with zero attached hydrogens (tertiary/aromatic N) is 3. The number of H-pyrrole nitrogens is 1. The Morgan fingerprint density at radius 1 is 1.28 bits per heavy atom. The maximum absolute atomic E-state index is 10.8. The predicted octanol–water partition coefficient (Wildman–Crippen LogP) is 4.46. The molecular formula is C18H17ClN4O2. The third-order valence-electron chi connectivity index (χ3n) is 4.67. The van der Waals surface area contributed by atoms with Gasteiger partial charge in [0.1, 0.15) is 5.82 Å². The van der Waals surface area contributed by atoms with Gasteiger partial charge in [0.2, 0.25) is 0 Å². The highest BCUT2D eigenvalue weighted by molar-refractivity contribution is 6.31. The number of nitro groups is 1. The summed E-state index contributed by atoms with van der Waals surface area (Å²) >= 11 is 6.05. The van der Waals surface area contributed by atoms with Crippen molar-refractivity contribution in [3.63, 3.8) is 0 Å². The van der Waals surface area contributed by atoms with Gasteiger partial charge in [0.25, 0.3) is 5.69 Å². The van der Waals surface area contributed by atoms with E-state index in [4.69, 9.17) is 16.6 Å². The van der Waals surface area contributed by atoms with Crippen molar-refractivity contribution in [2.45, 2.75) is 25.4 Å². The van der Waals surface area contributed by atoms with Gasteiger partial charge in [-0.15, -0.1) is 0 Å². The topological polar surface area (TPSA) is 75.1 Å². The molecule has 0 amide bonds. The number of rotatable bonds is 4. The third kappa shape index (κ3) is 3.23. The average Bonchev–Trinajstić information content (AvgIpc) is 3.21. The first-order chi connectivity index (χ1) is 12.1. The second-order valence-corrected chi connectivity index (χ2v) is 6.77. The first kappa shape index (κ1) is 16.1. The first-order valence-corrected chi connectivity index (χ1v) is 8.60. The lowest BCUT2D eigenvalue weighted by Crippen LogP contribution is -2.23. The van der Waals surface area contributed by atoms with Crippen molar-refractivity contribution in [2.24, 2.45) is 0 Å². The minimum absolute atomic E-state index is 0.121. The predicted molar refractivity (Wildman–Crippen MR) is 96.6 cm³/mol. The van der Waals surface area contributed by atoms with Crippen LogP contribution < -0.4 is 0 Å². The molecule has 0 spiro atoms. The highest BCUT2D eigenvalue weighted by atomic mass is 35.5. The number of nitrogens with one attached hydrogen (secondary N) is 1. The van der Waals surface area contributed by atoms with E-state index in [1.165, 1.54) is 0 Å². The molecule has 6 nitrogen and oxygen atoms in total. The molecule has 1 aliphatic rings. The molecule has 0 saturated carbocycles. The van der Waals surface area contributed by atoms with E-state index in [-0.39, 0.29) is 16.7 Å². The van der Waals surface area contributed by atoms with E-state index in [1.807, 2.05) is 30.3 Å². The zero-order valence-electron chi connectivity index (χ0n) is 13.5. The van der Waals surface area contributed by atoms with Gasteiger partial charge in [0.05, 0.1) is 22.0 Å². The van der Waals surface area contributed by atoms with Crippen molar-refractivity contribution in [2.75, 3.05) is 6.54 Å². The number of fused-ring (bicyclic) bond motifs is 1. The molecule has 2 aromatic carbocycles. The molecule has 0 aliphatic carbocycles. The molecule has 3 aromatic rings. The van der Waals surface area contributed by atoms with Gasteiger partial charge in [-0.25, -0.2) is 4.98 Å². The summed E-state index contributed by atoms with van der Waals surface area (Å²) in [6, 6.07) is 12.7. The number of hydrogen-bond donors (Lipinski definition) is 1. The monoisotopic (exact) mass is 356 g/mol. The van der Waals surface area contributed by atoms with Crippen LogP contribution >= 0.6 is 11.6 Å². The Morgan fingerprint density at radius 3 is 2.84 bits per heavy atom. The fourth-order valence-electron chi connectivity index (χ4n) is 3.44. The molecule has 1 aromatic heterocycles. The summed E-state index contributed by atoms with van der Waals surface area (Å²) in [6.45, 7) is 1.74. The second kappa shape index (κ2) is 6.46. The van der Waals surface area contributed by atoms with E-state index in [2.05, 4.69) is 9.88 Å². The Kier molecular flexibility index (Phi) is 4.15. The van der Waals surface area contributed by atoms with Gasteiger partial charge in [-0.05, 0) is 43.1 Å². The molecule has 1 fully saturated rings. The zero-order valence-corrected chi connectivity index (χ0v) is 14.2. The highest BCUT2D eigenvalue weighted by Gasteiger charge is 2.28. The lowest BCUT2D eigenvalue weighted by atomic mass is 10.1. The first-order valence-electron chi connectivity index (χ1n) is 8.23. The maximum Gasteiger partial charge on any atom is 0.269 e. The van der Waals surface area contributed by atoms with Crippen molar-refractivity contribution in [1.29, 1.82) is 0 Å². The molecule has 4 rings (SSSR count). The molecule has 1 aliphatic heterocycles. The molecular weight excluding hydrogens is 340 g/mol. The Bertz CT molecular complexity index is 922. The molecule has 1 atom stereocenters. The van der Waals surface area contributed by atoms with Crippen molar-refractivity contribution >= 4 is 28.3 Å². The highest BCUT2D eigenvalue weighted by Crippen LogP contribution is 2.33. The maximum atomic E-state index is 10.8. The van der Waals surface area contributed by atoms with Gasteiger partial charge >= 0.3 is 0 Å². The Morgan fingerprint density at radius 2 is 2.08 bits per heavy atom. The van der Waals surface area contributed by atoms with E-state index in [0.717, 1.165) is 48.4 Å². The van der Waals surface area contributed by atoms with Crippen LogP contribution in [0.5, 0.6) is 0 Å². The third-order valence-corrected chi connectivity index (χ3v) is 4.91. The van der Waals surface area contributed by atoms with Crippen molar-refractivity contribution < 1.29 is 4.92 Å². The summed E-state index contributed by atoms with van der Waals surface area (Å²) in [5.74, 6) is 0.955. The van der Waals surface area contributed by atoms with Crippen LogP contribution in [0.2, 0.25) is 5.02 Å². The summed E-state index contributed by atoms with van der Waals surface area (Å²) in [5, 5.41) is 11.5. The van der Waals surface area contributed by atoms with Gasteiger partial charge in [0, 0.05) is 23.7 Å². The summed E-state index contributed by atoms with van der Waals surface area (Å²) in [5.41, 5.74) is 3.05. The number of aromatic amines is 1. The van der Waals surface area contributed by atoms with Crippen LogP contribution in [-0.2, 0) is 6.54 Å². The summed E-state index contributed by atoms with van der Waals surface area (Å²) in [6.07, 6.45) is 2.15. The number of aromatic nitrogens is 2. The average molecular weight is 357 g/mol. The van der Waals surface area contributed by atoms with Crippen LogP contribution in [0.25, 0.3) is 11.0 Å². The molecule has 25 heavy (non-hydrogen) atoms. The Labute approximate surface area is 149 Å². The van der Waals surface area contributed by atoms with Gasteiger partial charge in [0.15, 0.2) is 0 Å². The lowest BCUT2D eigenvalue weighted by Gasteiger charge is -2.22. The molecule has 0 unspecified atom stereocenters. The molecule has 0 radical (unpaired) electrons. The standard InChI is InChI=1S/C18H17ClN4O2/c19-13-5-8-15-16(10-13)21-18(20-15)17-2-1-9-22(17)11-12-3-6-14(7-4-12)23(24)25/h3-8,10,17H,1-2,9,11H2,(H,20,21)/t17-/m1/s1. The smallest absolute Gasteiger partial charge is 0.269 e. The molecule has 128 valence electrons. The fraction of sp³-hybridized carbons (Fsp3) is 0.278. The van der Waals surface area contributed by atoms with Gasteiger partial charge in [-0.2, -0.15) is 0 Å². The fourth-order valence-corrected chi connectivity index (χ4v) is 3.61. The lowest BCUT2D eigenvalue weighted by molar-refractivity contribution is -0.384. The number of likely N-dealkylation sites (tertiary alicyclic amines) is 1. The van der Waals surface area contributed by atoms with Crippen LogP contribution in [0.15, 0.2) is 42.5 Å². The second-order valence-electron chi connectivity index (χ2n) is 6.34. The van der Waals surface area contributed by atoms with E-state index in [9.17, 15) is 10.1 Å². The largest absolute Gasteiger partial charge is 0.341 e. The van der Waals surface area contributed by atoms with Crippen LogP contribution in [-0.4, -0.2) is 26.3 Å². The molecule has 0 bridgehead atoms. The number of benzene rings is 2. The van der Waals surface area contributed by atoms with Crippen molar-refractivity contribution in [3.8, 4) is 0 Å². The quantitative estimate of drug-likeness (QED) is 0.553. The van der Waals surface area contributed by atoms with Crippen LogP contribution in [0.1, 0.15) is 30.3 Å². The van der Waals surface area contributed by atoms with Gasteiger partial charge < -0.3 is 4.98 Å². The SMILES string of the molecule is O=[N+]([O-])c1ccc(CN2CCC[C@@H]2c2nc3ccc(Cl)cc3[nH]2)cc1. The number of hydrogen-bond acceptors (Lipinski definition) is 4. The van der Waals surface area contributed by atoms with Crippen molar-refractivity contribution in [3.05, 3.63) is 69.0 Å². The van der Waals surface area contributed by atoms with Crippen LogP contribution in [0.3, 0.4) is 0 Å². The zero-order chi connectivity index (χ0) is 17.4. The molecule has 7 heteroatoms. The minimum atomic E-state index is -0.373. The molecule has 2 heterocycles. The molecule has 1 N–H and O–H groups in total. The summed E-state index contributed by atoms with van der Waals surface area (Å²) < 4.78 is 0. The van der Waals surface area contributed by atoms with E-state index in [1.54, 1.807) is 12.1 Å². The summed E-state index contributed by atoms with van der Waals surface area (Å²) in [7, 11) is 0. The molecule has 1 saturated heterocycles. The van der Waals surface area contributed by atoms with Crippen LogP contribution in [0, 0.1) is 10.1 Å².